The van der Waals surface area contributed by atoms with Gasteiger partial charge in [0.2, 0.25) is 5.91 Å². The fourth-order valence-electron chi connectivity index (χ4n) is 2.22. The highest BCUT2D eigenvalue weighted by Gasteiger charge is 2.22. The molecule has 0 unspecified atom stereocenters. The Morgan fingerprint density at radius 2 is 1.88 bits per heavy atom. The number of halogens is 1. The summed E-state index contributed by atoms with van der Waals surface area (Å²) in [5.41, 5.74) is 0.921. The third-order valence-electron chi connectivity index (χ3n) is 3.33. The highest BCUT2D eigenvalue weighted by Crippen LogP contribution is 2.25. The lowest BCUT2D eigenvalue weighted by Crippen LogP contribution is -2.47. The van der Waals surface area contributed by atoms with Crippen LogP contribution in [0, 0.1) is 0 Å². The van der Waals surface area contributed by atoms with Gasteiger partial charge < -0.3 is 10.2 Å². The number of carbonyl (C=O) groups is 2. The van der Waals surface area contributed by atoms with Gasteiger partial charge >= 0.3 is 0 Å². The number of nitrogens with zero attached hydrogens (tertiary/aromatic N) is 2. The molecule has 2 aromatic rings. The molecule has 2 amide bonds. The summed E-state index contributed by atoms with van der Waals surface area (Å²) < 4.78 is 0. The summed E-state index contributed by atoms with van der Waals surface area (Å²) in [5, 5.41) is 5.98. The van der Waals surface area contributed by atoms with Gasteiger partial charge in [0.05, 0.1) is 6.54 Å². The summed E-state index contributed by atoms with van der Waals surface area (Å²) in [6.07, 6.45) is 0. The molecule has 0 saturated carbocycles. The zero-order valence-corrected chi connectivity index (χ0v) is 16.4. The molecule has 25 heavy (non-hydrogen) atoms. The molecule has 2 rings (SSSR count). The number of likely N-dealkylation sites (N-methyl/N-ethyl adjacent to an activating group) is 1. The molecular formula is C18H22ClN3O2S. The van der Waals surface area contributed by atoms with Crippen LogP contribution in [0.3, 0.4) is 0 Å². The lowest BCUT2D eigenvalue weighted by molar-refractivity contribution is -0.123. The third-order valence-corrected chi connectivity index (χ3v) is 4.48. The molecular weight excluding hydrogens is 358 g/mol. The molecule has 5 nitrogen and oxygen atoms in total. The van der Waals surface area contributed by atoms with Crippen LogP contribution in [0.4, 0.5) is 0 Å². The van der Waals surface area contributed by atoms with Crippen molar-refractivity contribution in [1.82, 2.24) is 15.2 Å². The number of hydrogen-bond donors (Lipinski definition) is 1. The molecule has 7 heteroatoms. The number of benzene rings is 1. The number of hydrogen-bond acceptors (Lipinski definition) is 4. The zero-order valence-electron chi connectivity index (χ0n) is 14.8. The maximum absolute atomic E-state index is 12.6. The summed E-state index contributed by atoms with van der Waals surface area (Å²) in [6.45, 7) is 8.00. The van der Waals surface area contributed by atoms with E-state index in [1.165, 1.54) is 16.2 Å². The van der Waals surface area contributed by atoms with Crippen molar-refractivity contribution in [1.29, 1.82) is 0 Å². The summed E-state index contributed by atoms with van der Waals surface area (Å²) in [4.78, 5) is 30.6. The Morgan fingerprint density at radius 1 is 1.24 bits per heavy atom. The van der Waals surface area contributed by atoms with Gasteiger partial charge in [-0.25, -0.2) is 4.98 Å². The average Bonchev–Trinajstić information content (AvgIpc) is 3.01. The lowest BCUT2D eigenvalue weighted by Gasteiger charge is -2.24. The molecule has 1 aromatic heterocycles. The van der Waals surface area contributed by atoms with Gasteiger partial charge in [-0.2, -0.15) is 0 Å². The number of nitrogens with one attached hydrogen (secondary N) is 1. The Kier molecular flexibility index (Phi) is 6.19. The smallest absolute Gasteiger partial charge is 0.273 e. The van der Waals surface area contributed by atoms with Crippen molar-refractivity contribution in [2.75, 3.05) is 13.1 Å². The Bertz CT molecular complexity index is 750. The normalized spacial score (nSPS) is 11.2. The van der Waals surface area contributed by atoms with E-state index in [4.69, 9.17) is 11.6 Å². The van der Waals surface area contributed by atoms with Crippen molar-refractivity contribution in [2.45, 2.75) is 33.2 Å². The van der Waals surface area contributed by atoms with Crippen molar-refractivity contribution in [3.8, 4) is 10.6 Å². The summed E-state index contributed by atoms with van der Waals surface area (Å²) in [6, 6.07) is 7.30. The molecule has 0 aliphatic rings. The zero-order chi connectivity index (χ0) is 18.6. The van der Waals surface area contributed by atoms with Gasteiger partial charge in [-0.05, 0) is 39.8 Å². The third kappa shape index (κ3) is 5.54. The van der Waals surface area contributed by atoms with Crippen LogP contribution < -0.4 is 5.32 Å². The van der Waals surface area contributed by atoms with Crippen molar-refractivity contribution in [2.24, 2.45) is 0 Å². The van der Waals surface area contributed by atoms with E-state index < -0.39 is 0 Å². The molecule has 1 aromatic carbocycles. The van der Waals surface area contributed by atoms with E-state index in [0.29, 0.717) is 17.3 Å². The molecule has 0 spiro atoms. The van der Waals surface area contributed by atoms with Crippen LogP contribution >= 0.6 is 22.9 Å². The topological polar surface area (TPSA) is 62.3 Å². The molecule has 0 bridgehead atoms. The first-order valence-electron chi connectivity index (χ1n) is 8.01. The Morgan fingerprint density at radius 3 is 2.44 bits per heavy atom. The number of aromatic nitrogens is 1. The first-order chi connectivity index (χ1) is 11.7. The second kappa shape index (κ2) is 7.97. The number of amides is 2. The van der Waals surface area contributed by atoms with Gasteiger partial charge in [0, 0.05) is 28.0 Å². The maximum atomic E-state index is 12.6. The van der Waals surface area contributed by atoms with Crippen LogP contribution in [-0.2, 0) is 4.79 Å². The van der Waals surface area contributed by atoms with Crippen molar-refractivity contribution < 1.29 is 9.59 Å². The molecule has 0 saturated heterocycles. The minimum absolute atomic E-state index is 0.0143. The molecule has 1 N–H and O–H groups in total. The van der Waals surface area contributed by atoms with Crippen LogP contribution in [0.15, 0.2) is 29.6 Å². The minimum atomic E-state index is -0.331. The van der Waals surface area contributed by atoms with E-state index in [1.54, 1.807) is 17.5 Å². The van der Waals surface area contributed by atoms with Gasteiger partial charge in [-0.15, -0.1) is 11.3 Å². The second-order valence-corrected chi connectivity index (χ2v) is 7.96. The van der Waals surface area contributed by atoms with E-state index in [9.17, 15) is 9.59 Å². The monoisotopic (exact) mass is 379 g/mol. The predicted octanol–water partition coefficient (Wildman–Crippen LogP) is 3.84. The first-order valence-corrected chi connectivity index (χ1v) is 9.27. The summed E-state index contributed by atoms with van der Waals surface area (Å²) in [5.74, 6) is -0.432. The Labute approximate surface area is 157 Å². The predicted molar refractivity (Wildman–Crippen MR) is 102 cm³/mol. The first kappa shape index (κ1) is 19.4. The average molecular weight is 380 g/mol. The van der Waals surface area contributed by atoms with Crippen LogP contribution in [0.5, 0.6) is 0 Å². The number of rotatable bonds is 5. The van der Waals surface area contributed by atoms with E-state index >= 15 is 0 Å². The molecule has 0 radical (unpaired) electrons. The molecule has 0 aliphatic heterocycles. The Balaban J connectivity index is 2.10. The quantitative estimate of drug-likeness (QED) is 0.858. The van der Waals surface area contributed by atoms with Crippen LogP contribution in [0.25, 0.3) is 10.6 Å². The van der Waals surface area contributed by atoms with Crippen LogP contribution in [-0.4, -0.2) is 40.3 Å². The van der Waals surface area contributed by atoms with Crippen molar-refractivity contribution >= 4 is 34.8 Å². The molecule has 0 atom stereocenters. The Hall–Kier alpha value is -1.92. The van der Waals surface area contributed by atoms with Crippen molar-refractivity contribution in [3.63, 3.8) is 0 Å². The summed E-state index contributed by atoms with van der Waals surface area (Å²) >= 11 is 7.29. The molecule has 1 heterocycles. The van der Waals surface area contributed by atoms with Gasteiger partial charge in [0.25, 0.3) is 5.91 Å². The highest BCUT2D eigenvalue weighted by atomic mass is 35.5. The standard InChI is InChI=1S/C18H22ClN3O2S/c1-5-22(10-15(23)21-18(2,3)4)17(24)14-11-25-16(20-14)12-6-8-13(19)9-7-12/h6-9,11H,5,10H2,1-4H3,(H,21,23). The second-order valence-electron chi connectivity index (χ2n) is 6.66. The van der Waals surface area contributed by atoms with E-state index in [2.05, 4.69) is 10.3 Å². The molecule has 0 aliphatic carbocycles. The molecule has 134 valence electrons. The fourth-order valence-corrected chi connectivity index (χ4v) is 3.14. The highest BCUT2D eigenvalue weighted by molar-refractivity contribution is 7.13. The van der Waals surface area contributed by atoms with E-state index in [1.807, 2.05) is 39.8 Å². The fraction of sp³-hybridized carbons (Fsp3) is 0.389. The van der Waals surface area contributed by atoms with E-state index in [0.717, 1.165) is 10.6 Å². The lowest BCUT2D eigenvalue weighted by atomic mass is 10.1. The van der Waals surface area contributed by atoms with Crippen LogP contribution in [0.1, 0.15) is 38.2 Å². The maximum Gasteiger partial charge on any atom is 0.273 e. The van der Waals surface area contributed by atoms with Gasteiger partial charge in [-0.3, -0.25) is 9.59 Å². The largest absolute Gasteiger partial charge is 0.350 e. The number of thiazole rings is 1. The minimum Gasteiger partial charge on any atom is -0.350 e. The SMILES string of the molecule is CCN(CC(=O)NC(C)(C)C)C(=O)c1csc(-c2ccc(Cl)cc2)n1. The van der Waals surface area contributed by atoms with Gasteiger partial charge in [0.1, 0.15) is 10.7 Å². The summed E-state index contributed by atoms with van der Waals surface area (Å²) in [7, 11) is 0. The van der Waals surface area contributed by atoms with E-state index in [-0.39, 0.29) is 23.9 Å². The van der Waals surface area contributed by atoms with Gasteiger partial charge in [-0.1, -0.05) is 23.7 Å². The van der Waals surface area contributed by atoms with Crippen molar-refractivity contribution in [3.05, 3.63) is 40.4 Å². The number of carbonyl (C=O) groups excluding carboxylic acids is 2. The van der Waals surface area contributed by atoms with Crippen LogP contribution in [0.2, 0.25) is 5.02 Å². The molecule has 0 fully saturated rings. The van der Waals surface area contributed by atoms with Gasteiger partial charge in [0.15, 0.2) is 0 Å².